The number of hydrogen-bond donors (Lipinski definition) is 0. The number of ether oxygens (including phenoxy) is 3. The van der Waals surface area contributed by atoms with E-state index in [2.05, 4.69) is 4.74 Å². The number of para-hydroxylation sites is 1. The first-order valence-electron chi connectivity index (χ1n) is 4.80. The summed E-state index contributed by atoms with van der Waals surface area (Å²) in [5.74, 6) is 0.689. The lowest BCUT2D eigenvalue weighted by molar-refractivity contribution is 0.0596. The van der Waals surface area contributed by atoms with Crippen molar-refractivity contribution in [3.8, 4) is 11.5 Å². The van der Waals surface area contributed by atoms with Crippen molar-refractivity contribution in [2.24, 2.45) is 0 Å². The summed E-state index contributed by atoms with van der Waals surface area (Å²) in [6.07, 6.45) is 0.815. The largest absolute Gasteiger partial charge is 0.490 e. The molecule has 0 bridgehead atoms. The van der Waals surface area contributed by atoms with Crippen molar-refractivity contribution in [1.29, 1.82) is 0 Å². The number of carbonyl (C=O) groups excluding carboxylic acids is 1. The minimum absolute atomic E-state index is 0.405. The Balaban J connectivity index is 2.43. The van der Waals surface area contributed by atoms with Crippen LogP contribution in [0.4, 0.5) is 0 Å². The van der Waals surface area contributed by atoms with Crippen molar-refractivity contribution in [2.75, 3.05) is 20.3 Å². The topological polar surface area (TPSA) is 44.8 Å². The van der Waals surface area contributed by atoms with Gasteiger partial charge in [0.05, 0.1) is 20.3 Å². The van der Waals surface area contributed by atoms with E-state index in [1.165, 1.54) is 7.11 Å². The molecule has 0 unspecified atom stereocenters. The molecule has 0 atom stereocenters. The second kappa shape index (κ2) is 4.21. The number of methoxy groups -OCH3 is 1. The predicted octanol–water partition coefficient (Wildman–Crippen LogP) is 1.63. The first kappa shape index (κ1) is 9.83. The Morgan fingerprint density at radius 2 is 2.13 bits per heavy atom. The summed E-state index contributed by atoms with van der Waals surface area (Å²) in [4.78, 5) is 11.4. The standard InChI is InChI=1S/C11H12O4/c1-13-11(12)8-4-2-5-9-10(8)15-7-3-6-14-9/h2,4-5H,3,6-7H2,1H3. The SMILES string of the molecule is COC(=O)c1cccc2c1OCCCO2. The molecule has 0 fully saturated rings. The molecule has 0 spiro atoms. The molecule has 1 heterocycles. The second-order valence-electron chi connectivity index (χ2n) is 3.17. The van der Waals surface area contributed by atoms with Gasteiger partial charge < -0.3 is 14.2 Å². The highest BCUT2D eigenvalue weighted by atomic mass is 16.5. The number of benzene rings is 1. The van der Waals surface area contributed by atoms with Gasteiger partial charge in [-0.3, -0.25) is 0 Å². The van der Waals surface area contributed by atoms with Crippen LogP contribution in [0, 0.1) is 0 Å². The monoisotopic (exact) mass is 208 g/mol. The van der Waals surface area contributed by atoms with Crippen LogP contribution < -0.4 is 9.47 Å². The summed E-state index contributed by atoms with van der Waals surface area (Å²) < 4.78 is 15.6. The van der Waals surface area contributed by atoms with E-state index in [1.54, 1.807) is 18.2 Å². The van der Waals surface area contributed by atoms with Gasteiger partial charge >= 0.3 is 5.97 Å². The second-order valence-corrected chi connectivity index (χ2v) is 3.17. The van der Waals surface area contributed by atoms with Gasteiger partial charge in [0, 0.05) is 6.42 Å². The molecular weight excluding hydrogens is 196 g/mol. The molecule has 1 aromatic rings. The van der Waals surface area contributed by atoms with E-state index in [4.69, 9.17) is 9.47 Å². The van der Waals surface area contributed by atoms with Gasteiger partial charge in [0.2, 0.25) is 0 Å². The van der Waals surface area contributed by atoms with Crippen LogP contribution in [0.25, 0.3) is 0 Å². The molecule has 1 aliphatic heterocycles. The van der Waals surface area contributed by atoms with Gasteiger partial charge in [-0.2, -0.15) is 0 Å². The van der Waals surface area contributed by atoms with Crippen LogP contribution in [0.1, 0.15) is 16.8 Å². The average Bonchev–Trinajstić information content (AvgIpc) is 2.52. The maximum atomic E-state index is 11.4. The van der Waals surface area contributed by atoms with Crippen molar-refractivity contribution in [1.82, 2.24) is 0 Å². The first-order valence-corrected chi connectivity index (χ1v) is 4.80. The van der Waals surface area contributed by atoms with E-state index in [9.17, 15) is 4.79 Å². The molecule has 80 valence electrons. The zero-order valence-electron chi connectivity index (χ0n) is 8.49. The van der Waals surface area contributed by atoms with Crippen molar-refractivity contribution < 1.29 is 19.0 Å². The van der Waals surface area contributed by atoms with E-state index in [-0.39, 0.29) is 0 Å². The summed E-state index contributed by atoms with van der Waals surface area (Å²) in [5.41, 5.74) is 0.414. The van der Waals surface area contributed by atoms with E-state index >= 15 is 0 Å². The summed E-state index contributed by atoms with van der Waals surface area (Å²) in [7, 11) is 1.35. The van der Waals surface area contributed by atoms with Crippen LogP contribution in [0.3, 0.4) is 0 Å². The quantitative estimate of drug-likeness (QED) is 0.658. The van der Waals surface area contributed by atoms with Gasteiger partial charge in [-0.15, -0.1) is 0 Å². The normalized spacial score (nSPS) is 14.2. The van der Waals surface area contributed by atoms with Crippen LogP contribution in [0.15, 0.2) is 18.2 Å². The Morgan fingerprint density at radius 3 is 2.93 bits per heavy atom. The van der Waals surface area contributed by atoms with Crippen LogP contribution in [-0.2, 0) is 4.74 Å². The highest BCUT2D eigenvalue weighted by molar-refractivity contribution is 5.93. The highest BCUT2D eigenvalue weighted by Gasteiger charge is 2.19. The van der Waals surface area contributed by atoms with E-state index in [1.807, 2.05) is 0 Å². The van der Waals surface area contributed by atoms with Gasteiger partial charge in [0.25, 0.3) is 0 Å². The summed E-state index contributed by atoms with van der Waals surface area (Å²) in [6.45, 7) is 1.17. The Labute approximate surface area is 87.8 Å². The zero-order chi connectivity index (χ0) is 10.7. The van der Waals surface area contributed by atoms with Crippen molar-refractivity contribution in [3.63, 3.8) is 0 Å². The molecule has 0 saturated heterocycles. The zero-order valence-corrected chi connectivity index (χ0v) is 8.49. The van der Waals surface area contributed by atoms with Gasteiger partial charge in [0.1, 0.15) is 5.56 Å². The van der Waals surface area contributed by atoms with Gasteiger partial charge in [0.15, 0.2) is 11.5 Å². The van der Waals surface area contributed by atoms with Crippen molar-refractivity contribution in [3.05, 3.63) is 23.8 Å². The number of rotatable bonds is 1. The van der Waals surface area contributed by atoms with Gasteiger partial charge in [-0.25, -0.2) is 4.79 Å². The highest BCUT2D eigenvalue weighted by Crippen LogP contribution is 2.33. The lowest BCUT2D eigenvalue weighted by Gasteiger charge is -2.10. The molecule has 2 rings (SSSR count). The Kier molecular flexibility index (Phi) is 2.76. The average molecular weight is 208 g/mol. The third-order valence-corrected chi connectivity index (χ3v) is 2.18. The predicted molar refractivity (Wildman–Crippen MR) is 53.4 cm³/mol. The maximum absolute atomic E-state index is 11.4. The third kappa shape index (κ3) is 1.88. The van der Waals surface area contributed by atoms with Crippen LogP contribution in [0.5, 0.6) is 11.5 Å². The number of esters is 1. The number of hydrogen-bond acceptors (Lipinski definition) is 4. The first-order chi connectivity index (χ1) is 7.33. The Bertz CT molecular complexity index is 373. The Morgan fingerprint density at radius 1 is 1.33 bits per heavy atom. The Hall–Kier alpha value is -1.71. The molecule has 0 N–H and O–H groups in total. The molecule has 0 aromatic heterocycles. The van der Waals surface area contributed by atoms with E-state index in [0.29, 0.717) is 30.3 Å². The van der Waals surface area contributed by atoms with Crippen molar-refractivity contribution in [2.45, 2.75) is 6.42 Å². The molecule has 0 aliphatic carbocycles. The van der Waals surface area contributed by atoms with E-state index in [0.717, 1.165) is 6.42 Å². The molecule has 15 heavy (non-hydrogen) atoms. The van der Waals surface area contributed by atoms with Crippen LogP contribution >= 0.6 is 0 Å². The molecule has 0 amide bonds. The summed E-state index contributed by atoms with van der Waals surface area (Å²) >= 11 is 0. The lowest BCUT2D eigenvalue weighted by atomic mass is 10.2. The fourth-order valence-corrected chi connectivity index (χ4v) is 1.46. The molecule has 1 aliphatic rings. The molecule has 4 heteroatoms. The molecule has 0 saturated carbocycles. The fourth-order valence-electron chi connectivity index (χ4n) is 1.46. The smallest absolute Gasteiger partial charge is 0.341 e. The number of fused-ring (bicyclic) bond motifs is 1. The van der Waals surface area contributed by atoms with Crippen molar-refractivity contribution >= 4 is 5.97 Å². The summed E-state index contributed by atoms with van der Waals surface area (Å²) in [6, 6.07) is 5.20. The molecule has 0 radical (unpaired) electrons. The third-order valence-electron chi connectivity index (χ3n) is 2.18. The fraction of sp³-hybridized carbons (Fsp3) is 0.364. The van der Waals surface area contributed by atoms with E-state index < -0.39 is 5.97 Å². The molecule has 1 aromatic carbocycles. The minimum atomic E-state index is -0.405. The van der Waals surface area contributed by atoms with Crippen LogP contribution in [0.2, 0.25) is 0 Å². The maximum Gasteiger partial charge on any atom is 0.341 e. The molecular formula is C11H12O4. The number of carbonyl (C=O) groups is 1. The van der Waals surface area contributed by atoms with Crippen LogP contribution in [-0.4, -0.2) is 26.3 Å². The molecule has 4 nitrogen and oxygen atoms in total. The van der Waals surface area contributed by atoms with Gasteiger partial charge in [-0.1, -0.05) is 6.07 Å². The summed E-state index contributed by atoms with van der Waals surface area (Å²) in [5, 5.41) is 0. The lowest BCUT2D eigenvalue weighted by Crippen LogP contribution is -2.05. The van der Waals surface area contributed by atoms with Gasteiger partial charge in [-0.05, 0) is 12.1 Å². The minimum Gasteiger partial charge on any atom is -0.490 e.